The van der Waals surface area contributed by atoms with E-state index in [1.807, 2.05) is 0 Å². The summed E-state index contributed by atoms with van der Waals surface area (Å²) in [7, 11) is 0. The van der Waals surface area contributed by atoms with Crippen molar-refractivity contribution in [3.8, 4) is 0 Å². The molecule has 6 heteroatoms. The molecule has 1 aliphatic carbocycles. The van der Waals surface area contributed by atoms with Gasteiger partial charge in [0.1, 0.15) is 10.7 Å². The Morgan fingerprint density at radius 2 is 1.84 bits per heavy atom. The van der Waals surface area contributed by atoms with Crippen LogP contribution in [0.25, 0.3) is 0 Å². The number of halogens is 1. The quantitative estimate of drug-likeness (QED) is 0.811. The van der Waals surface area contributed by atoms with E-state index in [9.17, 15) is 14.0 Å². The van der Waals surface area contributed by atoms with Gasteiger partial charge in [0.25, 0.3) is 5.91 Å². The van der Waals surface area contributed by atoms with Crippen molar-refractivity contribution in [2.75, 3.05) is 0 Å². The lowest BCUT2D eigenvalue weighted by Gasteiger charge is -2.25. The number of esters is 1. The van der Waals surface area contributed by atoms with Crippen molar-refractivity contribution in [1.82, 2.24) is 5.32 Å². The van der Waals surface area contributed by atoms with Gasteiger partial charge in [0.15, 0.2) is 0 Å². The zero-order valence-electron chi connectivity index (χ0n) is 13.7. The van der Waals surface area contributed by atoms with Crippen molar-refractivity contribution in [3.05, 3.63) is 58.0 Å². The Bertz CT molecular complexity index is 709. The van der Waals surface area contributed by atoms with E-state index in [-0.39, 0.29) is 11.9 Å². The van der Waals surface area contributed by atoms with Gasteiger partial charge in [-0.05, 0) is 36.4 Å². The minimum absolute atomic E-state index is 0.102. The fourth-order valence-corrected chi connectivity index (χ4v) is 3.60. The molecule has 25 heavy (non-hydrogen) atoms. The van der Waals surface area contributed by atoms with Crippen LogP contribution in [0.3, 0.4) is 0 Å². The summed E-state index contributed by atoms with van der Waals surface area (Å²) in [6.07, 6.45) is 4.13. The first-order valence-corrected chi connectivity index (χ1v) is 9.32. The number of hydrogen-bond acceptors (Lipinski definition) is 4. The first-order valence-electron chi connectivity index (χ1n) is 8.44. The molecule has 1 fully saturated rings. The standard InChI is InChI=1S/C19H20FNO3S/c20-14-10-8-13(9-11-14)17(24-19(23)16-7-4-12-25-16)18(22)21-15-5-2-1-3-6-15/h4,7-12,15,17H,1-3,5-6H2,(H,21,22)/t17-/m1/s1. The molecule has 1 aromatic carbocycles. The summed E-state index contributed by atoms with van der Waals surface area (Å²) in [4.78, 5) is 25.4. The van der Waals surface area contributed by atoms with E-state index in [1.54, 1.807) is 17.5 Å². The Balaban J connectivity index is 1.76. The molecule has 1 N–H and O–H groups in total. The number of carbonyl (C=O) groups is 2. The predicted octanol–water partition coefficient (Wildman–Crippen LogP) is 4.23. The van der Waals surface area contributed by atoms with Crippen molar-refractivity contribution in [2.45, 2.75) is 44.2 Å². The molecule has 0 aliphatic heterocycles. The molecule has 1 saturated carbocycles. The Labute approximate surface area is 150 Å². The SMILES string of the molecule is O=C(O[C@@H](C(=O)NC1CCCCC1)c1ccc(F)cc1)c1cccs1. The number of hydrogen-bond donors (Lipinski definition) is 1. The summed E-state index contributed by atoms with van der Waals surface area (Å²) in [6.45, 7) is 0. The van der Waals surface area contributed by atoms with Gasteiger partial charge < -0.3 is 10.1 Å². The minimum Gasteiger partial charge on any atom is -0.443 e. The molecule has 1 aromatic heterocycles. The molecule has 4 nitrogen and oxygen atoms in total. The van der Waals surface area contributed by atoms with E-state index in [4.69, 9.17) is 4.74 Å². The minimum atomic E-state index is -1.09. The fourth-order valence-electron chi connectivity index (χ4n) is 2.99. The largest absolute Gasteiger partial charge is 0.443 e. The van der Waals surface area contributed by atoms with Gasteiger partial charge in [-0.1, -0.05) is 37.5 Å². The number of benzene rings is 1. The molecule has 0 saturated heterocycles. The van der Waals surface area contributed by atoms with Gasteiger partial charge in [-0.25, -0.2) is 9.18 Å². The second kappa shape index (κ2) is 8.25. The highest BCUT2D eigenvalue weighted by molar-refractivity contribution is 7.11. The van der Waals surface area contributed by atoms with Gasteiger partial charge in [0.2, 0.25) is 6.10 Å². The van der Waals surface area contributed by atoms with Gasteiger partial charge in [0, 0.05) is 11.6 Å². The van der Waals surface area contributed by atoms with Crippen LogP contribution in [0.5, 0.6) is 0 Å². The lowest BCUT2D eigenvalue weighted by molar-refractivity contribution is -0.131. The molecule has 1 aliphatic rings. The highest BCUT2D eigenvalue weighted by atomic mass is 32.1. The van der Waals surface area contributed by atoms with E-state index in [0.717, 1.165) is 25.7 Å². The summed E-state index contributed by atoms with van der Waals surface area (Å²) < 4.78 is 18.7. The molecule has 1 heterocycles. The van der Waals surface area contributed by atoms with E-state index < -0.39 is 17.9 Å². The summed E-state index contributed by atoms with van der Waals surface area (Å²) in [5.74, 6) is -1.31. The van der Waals surface area contributed by atoms with E-state index >= 15 is 0 Å². The van der Waals surface area contributed by atoms with Crippen LogP contribution >= 0.6 is 11.3 Å². The lowest BCUT2D eigenvalue weighted by Crippen LogP contribution is -2.40. The number of ether oxygens (including phenoxy) is 1. The summed E-state index contributed by atoms with van der Waals surface area (Å²) in [5.41, 5.74) is 0.458. The molecule has 132 valence electrons. The van der Waals surface area contributed by atoms with Gasteiger partial charge in [0.05, 0.1) is 0 Å². The van der Waals surface area contributed by atoms with Crippen LogP contribution in [0.2, 0.25) is 0 Å². The molecular weight excluding hydrogens is 341 g/mol. The third kappa shape index (κ3) is 4.66. The average molecular weight is 361 g/mol. The maximum absolute atomic E-state index is 13.2. The first kappa shape index (κ1) is 17.6. The maximum Gasteiger partial charge on any atom is 0.349 e. The van der Waals surface area contributed by atoms with Crippen molar-refractivity contribution in [2.24, 2.45) is 0 Å². The molecule has 0 radical (unpaired) electrons. The molecule has 3 rings (SSSR count). The fraction of sp³-hybridized carbons (Fsp3) is 0.368. The lowest BCUT2D eigenvalue weighted by atomic mass is 9.95. The first-order chi connectivity index (χ1) is 12.1. The van der Waals surface area contributed by atoms with Crippen molar-refractivity contribution in [1.29, 1.82) is 0 Å². The number of rotatable bonds is 5. The Kier molecular flexibility index (Phi) is 5.81. The van der Waals surface area contributed by atoms with Crippen LogP contribution in [0, 0.1) is 5.82 Å². The topological polar surface area (TPSA) is 55.4 Å². The number of nitrogens with one attached hydrogen (secondary N) is 1. The second-order valence-corrected chi connectivity index (χ2v) is 7.11. The molecule has 2 aromatic rings. The third-order valence-electron chi connectivity index (χ3n) is 4.31. The zero-order chi connectivity index (χ0) is 17.6. The van der Waals surface area contributed by atoms with Crippen LogP contribution in [-0.2, 0) is 9.53 Å². The Morgan fingerprint density at radius 3 is 2.48 bits per heavy atom. The van der Waals surface area contributed by atoms with Crippen molar-refractivity contribution < 1.29 is 18.7 Å². The van der Waals surface area contributed by atoms with E-state index in [1.165, 1.54) is 42.0 Å². The Morgan fingerprint density at radius 1 is 1.12 bits per heavy atom. The van der Waals surface area contributed by atoms with Crippen LogP contribution < -0.4 is 5.32 Å². The highest BCUT2D eigenvalue weighted by Gasteiger charge is 2.28. The number of amides is 1. The summed E-state index contributed by atoms with van der Waals surface area (Å²) in [5, 5.41) is 4.75. The van der Waals surface area contributed by atoms with E-state index in [0.29, 0.717) is 10.4 Å². The molecule has 1 amide bonds. The molecule has 0 unspecified atom stereocenters. The van der Waals surface area contributed by atoms with Gasteiger partial charge in [-0.2, -0.15) is 0 Å². The normalized spacial score (nSPS) is 16.2. The Hall–Kier alpha value is -2.21. The second-order valence-electron chi connectivity index (χ2n) is 6.16. The number of thiophene rings is 1. The van der Waals surface area contributed by atoms with Gasteiger partial charge >= 0.3 is 5.97 Å². The smallest absolute Gasteiger partial charge is 0.349 e. The van der Waals surface area contributed by atoms with Gasteiger partial charge in [-0.3, -0.25) is 4.79 Å². The van der Waals surface area contributed by atoms with Gasteiger partial charge in [-0.15, -0.1) is 11.3 Å². The van der Waals surface area contributed by atoms with Crippen LogP contribution in [0.1, 0.15) is 53.4 Å². The van der Waals surface area contributed by atoms with E-state index in [2.05, 4.69) is 5.32 Å². The van der Waals surface area contributed by atoms with Crippen LogP contribution in [0.15, 0.2) is 41.8 Å². The molecular formula is C19H20FNO3S. The van der Waals surface area contributed by atoms with Crippen molar-refractivity contribution in [3.63, 3.8) is 0 Å². The zero-order valence-corrected chi connectivity index (χ0v) is 14.6. The monoisotopic (exact) mass is 361 g/mol. The van der Waals surface area contributed by atoms with Crippen molar-refractivity contribution >= 4 is 23.2 Å². The number of carbonyl (C=O) groups excluding carboxylic acids is 2. The average Bonchev–Trinajstić information content (AvgIpc) is 3.16. The molecule has 1 atom stereocenters. The van der Waals surface area contributed by atoms with Crippen LogP contribution in [-0.4, -0.2) is 17.9 Å². The predicted molar refractivity (Wildman–Crippen MR) is 93.9 cm³/mol. The summed E-state index contributed by atoms with van der Waals surface area (Å²) >= 11 is 1.25. The molecule has 0 bridgehead atoms. The third-order valence-corrected chi connectivity index (χ3v) is 5.16. The molecule has 0 spiro atoms. The maximum atomic E-state index is 13.2. The van der Waals surface area contributed by atoms with Crippen LogP contribution in [0.4, 0.5) is 4.39 Å². The highest BCUT2D eigenvalue weighted by Crippen LogP contribution is 2.24. The summed E-state index contributed by atoms with van der Waals surface area (Å²) in [6, 6.07) is 8.96.